The van der Waals surface area contributed by atoms with Gasteiger partial charge >= 0.3 is 12.0 Å². The number of nitrogens with zero attached hydrogens (tertiary/aromatic N) is 1. The van der Waals surface area contributed by atoms with Crippen molar-refractivity contribution < 1.29 is 19.1 Å². The summed E-state index contributed by atoms with van der Waals surface area (Å²) in [5, 5.41) is 2.55. The van der Waals surface area contributed by atoms with Crippen molar-refractivity contribution in [3.63, 3.8) is 0 Å². The van der Waals surface area contributed by atoms with Gasteiger partial charge in [0.25, 0.3) is 5.91 Å². The molecule has 0 bridgehead atoms. The van der Waals surface area contributed by atoms with Crippen molar-refractivity contribution in [3.8, 4) is 0 Å². The van der Waals surface area contributed by atoms with Crippen LogP contribution in [0.15, 0.2) is 11.6 Å². The summed E-state index contributed by atoms with van der Waals surface area (Å²) in [6.45, 7) is 10.3. The van der Waals surface area contributed by atoms with Crippen LogP contribution in [0.1, 0.15) is 34.6 Å². The molecular formula is C16H24N2O4. The van der Waals surface area contributed by atoms with Crippen LogP contribution in [0, 0.1) is 17.3 Å². The number of carbonyl (C=O) groups excluding carboxylic acids is 3. The second-order valence-corrected chi connectivity index (χ2v) is 6.87. The second-order valence-electron chi connectivity index (χ2n) is 6.87. The lowest BCUT2D eigenvalue weighted by Gasteiger charge is -2.18. The van der Waals surface area contributed by atoms with Crippen molar-refractivity contribution in [1.82, 2.24) is 10.2 Å². The number of imide groups is 1. The number of urea groups is 1. The van der Waals surface area contributed by atoms with Gasteiger partial charge in [-0.25, -0.2) is 4.79 Å². The van der Waals surface area contributed by atoms with E-state index in [1.165, 1.54) is 6.92 Å². The van der Waals surface area contributed by atoms with Gasteiger partial charge in [0.2, 0.25) is 0 Å². The molecular weight excluding hydrogens is 284 g/mol. The minimum Gasteiger partial charge on any atom is -0.452 e. The zero-order chi connectivity index (χ0) is 16.7. The van der Waals surface area contributed by atoms with E-state index in [-0.39, 0.29) is 23.2 Å². The van der Waals surface area contributed by atoms with Gasteiger partial charge in [-0.15, -0.1) is 0 Å². The minimum absolute atomic E-state index is 0.141. The van der Waals surface area contributed by atoms with Crippen molar-refractivity contribution in [1.29, 1.82) is 0 Å². The summed E-state index contributed by atoms with van der Waals surface area (Å²) in [5.41, 5.74) is 1.01. The fourth-order valence-corrected chi connectivity index (χ4v) is 3.00. The molecule has 2 rings (SSSR count). The molecule has 1 saturated carbocycles. The Bertz CT molecular complexity index is 534. The molecule has 122 valence electrons. The Morgan fingerprint density at radius 2 is 2.05 bits per heavy atom. The molecule has 6 heteroatoms. The fraction of sp³-hybridized carbons (Fsp3) is 0.688. The molecule has 6 nitrogen and oxygen atoms in total. The van der Waals surface area contributed by atoms with E-state index in [1.54, 1.807) is 0 Å². The van der Waals surface area contributed by atoms with Crippen LogP contribution >= 0.6 is 0 Å². The molecule has 2 aliphatic rings. The van der Waals surface area contributed by atoms with E-state index in [4.69, 9.17) is 4.74 Å². The molecule has 0 aromatic heterocycles. The maximum Gasteiger partial charge on any atom is 0.324 e. The fourth-order valence-electron chi connectivity index (χ4n) is 3.00. The Labute approximate surface area is 130 Å². The number of nitrogens with one attached hydrogen (secondary N) is 1. The molecule has 2 fully saturated rings. The highest BCUT2D eigenvalue weighted by atomic mass is 16.5. The van der Waals surface area contributed by atoms with Crippen LogP contribution in [0.3, 0.4) is 0 Å². The van der Waals surface area contributed by atoms with Crippen molar-refractivity contribution in [3.05, 3.63) is 11.6 Å². The van der Waals surface area contributed by atoms with Gasteiger partial charge < -0.3 is 10.1 Å². The monoisotopic (exact) mass is 308 g/mol. The van der Waals surface area contributed by atoms with Crippen molar-refractivity contribution in [2.75, 3.05) is 13.1 Å². The number of rotatable bonds is 4. The van der Waals surface area contributed by atoms with Crippen LogP contribution in [0.25, 0.3) is 0 Å². The molecule has 0 aromatic carbocycles. The summed E-state index contributed by atoms with van der Waals surface area (Å²) in [7, 11) is 0. The molecule has 0 spiro atoms. The van der Waals surface area contributed by atoms with Gasteiger partial charge in [0.1, 0.15) is 0 Å². The molecule has 22 heavy (non-hydrogen) atoms. The average molecular weight is 308 g/mol. The number of amides is 3. The van der Waals surface area contributed by atoms with Gasteiger partial charge in [-0.2, -0.15) is 0 Å². The summed E-state index contributed by atoms with van der Waals surface area (Å²) >= 11 is 0. The highest BCUT2D eigenvalue weighted by molar-refractivity contribution is 5.98. The van der Waals surface area contributed by atoms with Gasteiger partial charge in [-0.1, -0.05) is 25.5 Å². The van der Waals surface area contributed by atoms with Crippen LogP contribution in [-0.4, -0.2) is 42.0 Å². The van der Waals surface area contributed by atoms with Crippen LogP contribution in [0.4, 0.5) is 4.79 Å². The maximum atomic E-state index is 12.3. The van der Waals surface area contributed by atoms with Crippen molar-refractivity contribution in [2.45, 2.75) is 40.7 Å². The van der Waals surface area contributed by atoms with E-state index < -0.39 is 18.0 Å². The Kier molecular flexibility index (Phi) is 4.31. The molecule has 3 atom stereocenters. The normalized spacial score (nSPS) is 27.0. The predicted octanol–water partition coefficient (Wildman–Crippen LogP) is 1.71. The summed E-state index contributed by atoms with van der Waals surface area (Å²) in [5.74, 6) is -0.930. The average Bonchev–Trinajstić information content (AvgIpc) is 2.74. The highest BCUT2D eigenvalue weighted by Crippen LogP contribution is 2.59. The number of esters is 1. The molecule has 0 unspecified atom stereocenters. The van der Waals surface area contributed by atoms with Gasteiger partial charge in [0.05, 0.1) is 5.92 Å². The van der Waals surface area contributed by atoms with E-state index in [2.05, 4.69) is 11.4 Å². The Morgan fingerprint density at radius 1 is 1.41 bits per heavy atom. The Balaban J connectivity index is 1.96. The van der Waals surface area contributed by atoms with E-state index in [1.807, 2.05) is 27.7 Å². The molecule has 0 radical (unpaired) electrons. The topological polar surface area (TPSA) is 75.7 Å². The zero-order valence-electron chi connectivity index (χ0n) is 13.8. The van der Waals surface area contributed by atoms with Gasteiger partial charge in [0.15, 0.2) is 6.10 Å². The van der Waals surface area contributed by atoms with Crippen LogP contribution in [0.5, 0.6) is 0 Å². The lowest BCUT2D eigenvalue weighted by Crippen LogP contribution is -2.42. The first-order valence-electron chi connectivity index (χ1n) is 7.61. The quantitative estimate of drug-likeness (QED) is 0.633. The molecule has 0 aromatic rings. The van der Waals surface area contributed by atoms with Gasteiger partial charge in [-0.05, 0) is 32.1 Å². The highest BCUT2D eigenvalue weighted by Gasteiger charge is 2.61. The molecule has 1 aliphatic heterocycles. The summed E-state index contributed by atoms with van der Waals surface area (Å²) in [4.78, 5) is 37.0. The number of hydrogen-bond donors (Lipinski definition) is 1. The third-order valence-corrected chi connectivity index (χ3v) is 4.44. The van der Waals surface area contributed by atoms with Gasteiger partial charge in [-0.3, -0.25) is 14.5 Å². The van der Waals surface area contributed by atoms with Crippen LogP contribution < -0.4 is 5.32 Å². The van der Waals surface area contributed by atoms with E-state index in [0.717, 1.165) is 10.5 Å². The van der Waals surface area contributed by atoms with Gasteiger partial charge in [0, 0.05) is 13.1 Å². The predicted molar refractivity (Wildman–Crippen MR) is 80.9 cm³/mol. The lowest BCUT2D eigenvalue weighted by atomic mass is 10.1. The first-order valence-corrected chi connectivity index (χ1v) is 7.61. The Morgan fingerprint density at radius 3 is 2.55 bits per heavy atom. The molecule has 1 aliphatic carbocycles. The third-order valence-electron chi connectivity index (χ3n) is 4.44. The van der Waals surface area contributed by atoms with Crippen LogP contribution in [-0.2, 0) is 14.3 Å². The molecule has 3 amide bonds. The first kappa shape index (κ1) is 16.5. The molecule has 1 saturated heterocycles. The second kappa shape index (κ2) is 5.74. The van der Waals surface area contributed by atoms with E-state index >= 15 is 0 Å². The number of hydrogen-bond acceptors (Lipinski definition) is 4. The summed E-state index contributed by atoms with van der Waals surface area (Å²) in [6.07, 6.45) is 1.13. The molecule has 1 heterocycles. The minimum atomic E-state index is -0.944. The van der Waals surface area contributed by atoms with Crippen molar-refractivity contribution in [2.24, 2.45) is 17.3 Å². The van der Waals surface area contributed by atoms with E-state index in [0.29, 0.717) is 13.1 Å². The summed E-state index contributed by atoms with van der Waals surface area (Å²) in [6, 6.07) is -0.429. The summed E-state index contributed by atoms with van der Waals surface area (Å²) < 4.78 is 5.30. The number of allylic oxidation sites excluding steroid dienone is 2. The lowest BCUT2D eigenvalue weighted by molar-refractivity contribution is -0.159. The number of carbonyl (C=O) groups is 3. The van der Waals surface area contributed by atoms with Crippen LogP contribution in [0.2, 0.25) is 0 Å². The SMILES string of the molecule is CC(C)=C[C@@H]1[C@@H](C(=O)O[C@@H](C)C(=O)N2CCNC2=O)C1(C)C. The standard InChI is InChI=1S/C16H24N2O4/c1-9(2)8-11-12(16(11,4)5)14(20)22-10(3)13(19)18-7-6-17-15(18)21/h8,10-12H,6-7H2,1-5H3,(H,17,21)/t10-,11+,12-/m0/s1. The number of ether oxygens (including phenoxy) is 1. The third kappa shape index (κ3) is 3.00. The maximum absolute atomic E-state index is 12.3. The first-order chi connectivity index (χ1) is 10.2. The van der Waals surface area contributed by atoms with Crippen molar-refractivity contribution >= 4 is 17.9 Å². The molecule has 1 N–H and O–H groups in total. The Hall–Kier alpha value is -1.85. The largest absolute Gasteiger partial charge is 0.452 e. The van der Waals surface area contributed by atoms with E-state index in [9.17, 15) is 14.4 Å². The smallest absolute Gasteiger partial charge is 0.324 e. The zero-order valence-corrected chi connectivity index (χ0v) is 13.8.